The first-order chi connectivity index (χ1) is 12.5. The Balaban J connectivity index is 2.02. The lowest BCUT2D eigenvalue weighted by Gasteiger charge is -2.28. The van der Waals surface area contributed by atoms with E-state index in [2.05, 4.69) is 0 Å². The van der Waals surface area contributed by atoms with Crippen molar-refractivity contribution in [2.45, 2.75) is 19.3 Å². The first-order valence-electron chi connectivity index (χ1n) is 8.30. The second kappa shape index (κ2) is 5.69. The maximum atomic E-state index is 13.1. The number of carbonyl (C=O) groups is 3. The molecule has 1 unspecified atom stereocenters. The first-order valence-corrected chi connectivity index (χ1v) is 8.30. The van der Waals surface area contributed by atoms with Gasteiger partial charge in [-0.15, -0.1) is 0 Å². The highest BCUT2D eigenvalue weighted by Gasteiger charge is 2.40. The van der Waals surface area contributed by atoms with Crippen LogP contribution in [0.2, 0.25) is 0 Å². The average Bonchev–Trinajstić information content (AvgIpc) is 2.67. The Bertz CT molecular complexity index is 989. The minimum absolute atomic E-state index is 0.0868. The topological polar surface area (TPSA) is 101 Å². The Kier molecular flexibility index (Phi) is 3.57. The molecular weight excluding hydrogens is 336 g/mol. The number of ether oxygens (including phenoxy) is 1. The van der Waals surface area contributed by atoms with Crippen molar-refractivity contribution in [1.29, 1.82) is 0 Å². The second-order valence-corrected chi connectivity index (χ2v) is 6.58. The van der Waals surface area contributed by atoms with Gasteiger partial charge in [0.15, 0.2) is 5.78 Å². The molecular formula is C20H16O6. The quantitative estimate of drug-likeness (QED) is 0.542. The van der Waals surface area contributed by atoms with Crippen molar-refractivity contribution < 1.29 is 29.3 Å². The van der Waals surface area contributed by atoms with Gasteiger partial charge in [0.1, 0.15) is 23.5 Å². The van der Waals surface area contributed by atoms with Gasteiger partial charge in [0.2, 0.25) is 5.78 Å². The summed E-state index contributed by atoms with van der Waals surface area (Å²) in [6.45, 7) is 0. The largest absolute Gasteiger partial charge is 0.507 e. The minimum atomic E-state index is -0.555. The monoisotopic (exact) mass is 352 g/mol. The van der Waals surface area contributed by atoms with Gasteiger partial charge in [-0.05, 0) is 25.3 Å². The summed E-state index contributed by atoms with van der Waals surface area (Å²) in [4.78, 5) is 37.2. The zero-order chi connectivity index (χ0) is 18.6. The average molecular weight is 352 g/mol. The predicted molar refractivity (Wildman–Crippen MR) is 91.2 cm³/mol. The summed E-state index contributed by atoms with van der Waals surface area (Å²) in [7, 11) is 1.40. The number of aromatic hydroxyl groups is 2. The second-order valence-electron chi connectivity index (χ2n) is 6.58. The van der Waals surface area contributed by atoms with E-state index in [9.17, 15) is 24.6 Å². The Hall–Kier alpha value is -3.15. The van der Waals surface area contributed by atoms with Gasteiger partial charge in [-0.3, -0.25) is 9.59 Å². The number of methoxy groups -OCH3 is 1. The third-order valence-electron chi connectivity index (χ3n) is 5.26. The fourth-order valence-corrected chi connectivity index (χ4v) is 3.95. The lowest BCUT2D eigenvalue weighted by atomic mass is 9.76. The predicted octanol–water partition coefficient (Wildman–Crippen LogP) is 2.19. The van der Waals surface area contributed by atoms with Crippen molar-refractivity contribution in [3.8, 4) is 17.2 Å². The van der Waals surface area contributed by atoms with Crippen LogP contribution in [0.4, 0.5) is 0 Å². The Morgan fingerprint density at radius 2 is 1.73 bits per heavy atom. The summed E-state index contributed by atoms with van der Waals surface area (Å²) in [5.41, 5.74) is 0.630. The molecule has 1 atom stereocenters. The van der Waals surface area contributed by atoms with E-state index in [1.54, 1.807) is 12.1 Å². The molecule has 0 fully saturated rings. The lowest BCUT2D eigenvalue weighted by Crippen LogP contribution is -2.25. The number of hydrogen-bond acceptors (Lipinski definition) is 6. The highest BCUT2D eigenvalue weighted by Crippen LogP contribution is 2.47. The van der Waals surface area contributed by atoms with E-state index in [1.807, 2.05) is 0 Å². The molecule has 2 aromatic rings. The van der Waals surface area contributed by atoms with Gasteiger partial charge in [0, 0.05) is 22.6 Å². The maximum absolute atomic E-state index is 13.1. The number of hydrogen-bond donors (Lipinski definition) is 2. The number of phenols is 2. The summed E-state index contributed by atoms with van der Waals surface area (Å²) < 4.78 is 5.20. The number of aldehydes is 1. The van der Waals surface area contributed by atoms with Gasteiger partial charge in [0.05, 0.1) is 23.8 Å². The SMILES string of the molecule is COc1cccc2c1C(=O)c1c(O)c3c(c(O)c1C2=O)CC(C=O)CC3. The number of fused-ring (bicyclic) bond motifs is 3. The molecule has 2 aromatic carbocycles. The summed E-state index contributed by atoms with van der Waals surface area (Å²) in [6, 6.07) is 4.65. The third kappa shape index (κ3) is 2.02. The maximum Gasteiger partial charge on any atom is 0.202 e. The van der Waals surface area contributed by atoms with E-state index in [4.69, 9.17) is 4.74 Å². The molecule has 0 spiro atoms. The molecule has 4 rings (SSSR count). The van der Waals surface area contributed by atoms with Crippen molar-refractivity contribution in [3.05, 3.63) is 51.6 Å². The fourth-order valence-electron chi connectivity index (χ4n) is 3.95. The molecule has 0 saturated heterocycles. The molecule has 0 amide bonds. The molecule has 0 bridgehead atoms. The number of rotatable bonds is 2. The van der Waals surface area contributed by atoms with E-state index in [0.29, 0.717) is 24.0 Å². The molecule has 6 heteroatoms. The first kappa shape index (κ1) is 16.3. The van der Waals surface area contributed by atoms with Gasteiger partial charge in [0.25, 0.3) is 0 Å². The Morgan fingerprint density at radius 1 is 1.04 bits per heavy atom. The van der Waals surface area contributed by atoms with Gasteiger partial charge in [-0.2, -0.15) is 0 Å². The molecule has 0 aliphatic heterocycles. The lowest BCUT2D eigenvalue weighted by molar-refractivity contribution is -0.111. The molecule has 0 aromatic heterocycles. The van der Waals surface area contributed by atoms with Gasteiger partial charge in [-0.25, -0.2) is 0 Å². The highest BCUT2D eigenvalue weighted by molar-refractivity contribution is 6.31. The van der Waals surface area contributed by atoms with Crippen LogP contribution < -0.4 is 4.74 Å². The summed E-state index contributed by atoms with van der Waals surface area (Å²) in [5, 5.41) is 21.5. The molecule has 0 heterocycles. The number of benzene rings is 2. The molecule has 0 saturated carbocycles. The van der Waals surface area contributed by atoms with Crippen molar-refractivity contribution >= 4 is 17.9 Å². The normalized spacial score (nSPS) is 18.0. The number of carbonyl (C=O) groups excluding carboxylic acids is 3. The molecule has 6 nitrogen and oxygen atoms in total. The molecule has 2 aliphatic rings. The van der Waals surface area contributed by atoms with Crippen LogP contribution in [-0.2, 0) is 17.6 Å². The Labute approximate surface area is 149 Å². The molecule has 2 N–H and O–H groups in total. The van der Waals surface area contributed by atoms with Crippen LogP contribution in [0, 0.1) is 5.92 Å². The standard InChI is InChI=1S/C20H16O6/c1-26-13-4-2-3-11-14(13)20(25)16-15(18(11)23)19(24)12-7-9(8-21)5-6-10(12)17(16)22/h2-4,8-9,22,24H,5-7H2,1H3. The molecule has 2 aliphatic carbocycles. The highest BCUT2D eigenvalue weighted by atomic mass is 16.5. The summed E-state index contributed by atoms with van der Waals surface area (Å²) in [6.07, 6.45) is 1.92. The Morgan fingerprint density at radius 3 is 2.42 bits per heavy atom. The van der Waals surface area contributed by atoms with Crippen molar-refractivity contribution in [3.63, 3.8) is 0 Å². The smallest absolute Gasteiger partial charge is 0.202 e. The minimum Gasteiger partial charge on any atom is -0.507 e. The van der Waals surface area contributed by atoms with E-state index in [-0.39, 0.29) is 51.8 Å². The van der Waals surface area contributed by atoms with Gasteiger partial charge < -0.3 is 19.7 Å². The van der Waals surface area contributed by atoms with E-state index >= 15 is 0 Å². The molecule has 26 heavy (non-hydrogen) atoms. The van der Waals surface area contributed by atoms with Crippen molar-refractivity contribution in [2.24, 2.45) is 5.92 Å². The van der Waals surface area contributed by atoms with Crippen molar-refractivity contribution in [1.82, 2.24) is 0 Å². The molecule has 0 radical (unpaired) electrons. The summed E-state index contributed by atoms with van der Waals surface area (Å²) in [5.74, 6) is -1.74. The number of phenolic OH excluding ortho intramolecular Hbond substituents is 2. The number of ketones is 2. The van der Waals surface area contributed by atoms with E-state index in [0.717, 1.165) is 6.29 Å². The van der Waals surface area contributed by atoms with Crippen LogP contribution in [0.1, 0.15) is 49.4 Å². The zero-order valence-corrected chi connectivity index (χ0v) is 14.0. The zero-order valence-electron chi connectivity index (χ0n) is 14.0. The van der Waals surface area contributed by atoms with Crippen LogP contribution in [0.5, 0.6) is 17.2 Å². The van der Waals surface area contributed by atoms with Crippen molar-refractivity contribution in [2.75, 3.05) is 7.11 Å². The van der Waals surface area contributed by atoms with Crippen LogP contribution >= 0.6 is 0 Å². The van der Waals surface area contributed by atoms with Crippen LogP contribution in [0.25, 0.3) is 0 Å². The van der Waals surface area contributed by atoms with Crippen LogP contribution in [0.3, 0.4) is 0 Å². The van der Waals surface area contributed by atoms with E-state index in [1.165, 1.54) is 13.2 Å². The van der Waals surface area contributed by atoms with Gasteiger partial charge >= 0.3 is 0 Å². The van der Waals surface area contributed by atoms with Crippen LogP contribution in [-0.4, -0.2) is 35.2 Å². The van der Waals surface area contributed by atoms with E-state index < -0.39 is 11.6 Å². The third-order valence-corrected chi connectivity index (χ3v) is 5.26. The van der Waals surface area contributed by atoms with Crippen LogP contribution in [0.15, 0.2) is 18.2 Å². The summed E-state index contributed by atoms with van der Waals surface area (Å²) >= 11 is 0. The van der Waals surface area contributed by atoms with Gasteiger partial charge in [-0.1, -0.05) is 12.1 Å². The molecule has 132 valence electrons. The fraction of sp³-hybridized carbons (Fsp3) is 0.250.